The van der Waals surface area contributed by atoms with Gasteiger partial charge in [-0.3, -0.25) is 14.4 Å². The molecule has 1 amide bonds. The molecule has 0 saturated carbocycles. The van der Waals surface area contributed by atoms with Crippen molar-refractivity contribution in [2.75, 3.05) is 11.9 Å². The zero-order valence-electron chi connectivity index (χ0n) is 26.6. The van der Waals surface area contributed by atoms with Crippen molar-refractivity contribution in [2.45, 2.75) is 65.8 Å². The molecule has 0 spiro atoms. The van der Waals surface area contributed by atoms with Crippen molar-refractivity contribution in [3.63, 3.8) is 0 Å². The fourth-order valence-corrected chi connectivity index (χ4v) is 7.37. The maximum absolute atomic E-state index is 14.3. The summed E-state index contributed by atoms with van der Waals surface area (Å²) in [4.78, 5) is 43.7. The minimum absolute atomic E-state index is 0.0184. The Balaban J connectivity index is 1.46. The van der Waals surface area contributed by atoms with E-state index in [1.54, 1.807) is 42.5 Å². The van der Waals surface area contributed by atoms with Gasteiger partial charge in [0.1, 0.15) is 5.75 Å². The van der Waals surface area contributed by atoms with Crippen molar-refractivity contribution >= 4 is 46.4 Å². The zero-order valence-corrected chi connectivity index (χ0v) is 28.1. The Morgan fingerprint density at radius 2 is 1.37 bits per heavy atom. The Hall–Kier alpha value is -3.87. The molecule has 3 aliphatic rings. The molecule has 0 aromatic heterocycles. The first-order valence-electron chi connectivity index (χ1n) is 15.6. The molecule has 0 saturated heterocycles. The Morgan fingerprint density at radius 1 is 0.804 bits per heavy atom. The summed E-state index contributed by atoms with van der Waals surface area (Å²) in [6, 6.07) is 22.2. The minimum atomic E-state index is -0.655. The summed E-state index contributed by atoms with van der Waals surface area (Å²) >= 11 is 12.6. The van der Waals surface area contributed by atoms with Crippen molar-refractivity contribution in [1.82, 2.24) is 4.90 Å². The molecule has 0 unspecified atom stereocenters. The maximum atomic E-state index is 14.3. The molecule has 0 fully saturated rings. The van der Waals surface area contributed by atoms with Crippen molar-refractivity contribution in [3.8, 4) is 5.75 Å². The number of hydrogen-bond acceptors (Lipinski definition) is 5. The zero-order chi connectivity index (χ0) is 32.8. The van der Waals surface area contributed by atoms with Gasteiger partial charge in [-0.05, 0) is 71.7 Å². The number of anilines is 1. The van der Waals surface area contributed by atoms with E-state index in [2.05, 4.69) is 50.0 Å². The average Bonchev–Trinajstić information content (AvgIpc) is 2.98. The highest BCUT2D eigenvalue weighted by molar-refractivity contribution is 6.31. The Labute approximate surface area is 280 Å². The largest absolute Gasteiger partial charge is 0.483 e. The first-order chi connectivity index (χ1) is 21.8. The van der Waals surface area contributed by atoms with Crippen molar-refractivity contribution in [3.05, 3.63) is 117 Å². The number of benzene rings is 3. The predicted molar refractivity (Wildman–Crippen MR) is 182 cm³/mol. The normalized spacial score (nSPS) is 19.1. The van der Waals surface area contributed by atoms with Crippen LogP contribution in [0.4, 0.5) is 5.69 Å². The molecular weight excluding hydrogens is 619 g/mol. The van der Waals surface area contributed by atoms with Crippen LogP contribution in [0.25, 0.3) is 0 Å². The molecule has 238 valence electrons. The predicted octanol–water partition coefficient (Wildman–Crippen LogP) is 8.90. The van der Waals surface area contributed by atoms with E-state index in [9.17, 15) is 14.4 Å². The average molecular weight is 658 g/mol. The summed E-state index contributed by atoms with van der Waals surface area (Å²) in [5.41, 5.74) is 4.95. The van der Waals surface area contributed by atoms with E-state index < -0.39 is 5.92 Å². The van der Waals surface area contributed by atoms with Crippen LogP contribution >= 0.6 is 23.2 Å². The van der Waals surface area contributed by atoms with E-state index in [1.165, 1.54) is 0 Å². The fraction of sp³-hybridized carbons (Fsp3) is 0.342. The number of ketones is 2. The number of amides is 1. The highest BCUT2D eigenvalue weighted by Gasteiger charge is 2.49. The van der Waals surface area contributed by atoms with Gasteiger partial charge in [-0.1, -0.05) is 81.2 Å². The second-order valence-corrected chi connectivity index (χ2v) is 15.0. The van der Waals surface area contributed by atoms with Crippen LogP contribution in [0, 0.1) is 10.8 Å². The summed E-state index contributed by atoms with van der Waals surface area (Å²) in [7, 11) is 0. The van der Waals surface area contributed by atoms with Gasteiger partial charge in [0.25, 0.3) is 5.91 Å². The number of nitrogens with one attached hydrogen (secondary N) is 1. The molecular formula is C38H38Cl2N2O4. The minimum Gasteiger partial charge on any atom is -0.483 e. The van der Waals surface area contributed by atoms with Crippen molar-refractivity contribution in [1.29, 1.82) is 0 Å². The highest BCUT2D eigenvalue weighted by Crippen LogP contribution is 2.56. The van der Waals surface area contributed by atoms with E-state index >= 15 is 0 Å². The molecule has 6 nitrogen and oxygen atoms in total. The molecule has 1 aliphatic heterocycles. The lowest BCUT2D eigenvalue weighted by Crippen LogP contribution is -2.44. The third-order valence-electron chi connectivity index (χ3n) is 8.97. The maximum Gasteiger partial charge on any atom is 0.262 e. The van der Waals surface area contributed by atoms with Crippen LogP contribution in [0.1, 0.15) is 70.4 Å². The smallest absolute Gasteiger partial charge is 0.262 e. The van der Waals surface area contributed by atoms with Crippen molar-refractivity contribution in [2.24, 2.45) is 10.8 Å². The van der Waals surface area contributed by atoms with Gasteiger partial charge in [0.15, 0.2) is 18.2 Å². The fourth-order valence-electron chi connectivity index (χ4n) is 7.07. The topological polar surface area (TPSA) is 75.7 Å². The van der Waals surface area contributed by atoms with E-state index in [-0.39, 0.29) is 34.9 Å². The third kappa shape index (κ3) is 6.65. The second kappa shape index (κ2) is 12.4. The first kappa shape index (κ1) is 32.1. The number of halogens is 2. The van der Waals surface area contributed by atoms with Gasteiger partial charge in [0, 0.05) is 69.1 Å². The first-order valence-corrected chi connectivity index (χ1v) is 16.4. The number of hydrogen-bond donors (Lipinski definition) is 1. The Kier molecular flexibility index (Phi) is 8.64. The second-order valence-electron chi connectivity index (χ2n) is 14.1. The van der Waals surface area contributed by atoms with E-state index in [1.807, 2.05) is 18.2 Å². The van der Waals surface area contributed by atoms with Gasteiger partial charge in [0.05, 0.1) is 0 Å². The summed E-state index contributed by atoms with van der Waals surface area (Å²) in [5, 5.41) is 3.84. The van der Waals surface area contributed by atoms with Gasteiger partial charge < -0.3 is 15.0 Å². The quantitative estimate of drug-likeness (QED) is 0.275. The Bertz CT molecular complexity index is 1720. The molecule has 0 atom stereocenters. The lowest BCUT2D eigenvalue weighted by Gasteiger charge is -2.49. The summed E-state index contributed by atoms with van der Waals surface area (Å²) in [6.45, 7) is 8.77. The number of nitrogens with zero attached hydrogens (tertiary/aromatic N) is 1. The molecule has 0 radical (unpaired) electrons. The van der Waals surface area contributed by atoms with Crippen LogP contribution in [0.15, 0.2) is 95.3 Å². The molecule has 3 aromatic rings. The highest BCUT2D eigenvalue weighted by atomic mass is 35.5. The summed E-state index contributed by atoms with van der Waals surface area (Å²) in [5.74, 6) is -0.565. The number of ether oxygens (including phenoxy) is 1. The number of Topliss-reactive ketones (excluding diaryl/α,β-unsaturated/α-hetero) is 2. The third-order valence-corrected chi connectivity index (χ3v) is 9.46. The van der Waals surface area contributed by atoms with Crippen LogP contribution in [0.2, 0.25) is 10.0 Å². The van der Waals surface area contributed by atoms with Crippen molar-refractivity contribution < 1.29 is 19.1 Å². The van der Waals surface area contributed by atoms with Crippen LogP contribution in [-0.2, 0) is 20.9 Å². The van der Waals surface area contributed by atoms with Gasteiger partial charge in [-0.25, -0.2) is 0 Å². The monoisotopic (exact) mass is 656 g/mol. The van der Waals surface area contributed by atoms with Crippen LogP contribution in [0.5, 0.6) is 5.75 Å². The van der Waals surface area contributed by atoms with E-state index in [4.69, 9.17) is 27.9 Å². The number of rotatable bonds is 7. The van der Waals surface area contributed by atoms with Gasteiger partial charge in [-0.15, -0.1) is 0 Å². The number of allylic oxidation sites excluding steroid dienone is 4. The summed E-state index contributed by atoms with van der Waals surface area (Å²) < 4.78 is 6.16. The standard InChI is InChI=1S/C38H38Cl2N2O4/c1-37(2)17-28-35(30(43)19-37)34(36-29(18-38(3,4)20-31(36)44)42(28)21-23-8-6-5-7-9-23)27-16-25(40)12-15-32(27)46-22-33(45)41-26-13-10-24(39)11-14-26/h5-16,34H,17-22H2,1-4H3,(H,41,45). The van der Waals surface area contributed by atoms with Crippen LogP contribution in [0.3, 0.4) is 0 Å². The number of carbonyl (C=O) groups excluding carboxylic acids is 3. The molecule has 8 heteroatoms. The van der Waals surface area contributed by atoms with E-state index in [0.717, 1.165) is 17.0 Å². The molecule has 1 N–H and O–H groups in total. The molecule has 2 aliphatic carbocycles. The van der Waals surface area contributed by atoms with Gasteiger partial charge in [0.2, 0.25) is 0 Å². The van der Waals surface area contributed by atoms with Gasteiger partial charge in [-0.2, -0.15) is 0 Å². The van der Waals surface area contributed by atoms with Gasteiger partial charge >= 0.3 is 0 Å². The molecule has 3 aromatic carbocycles. The molecule has 1 heterocycles. The van der Waals surface area contributed by atoms with E-state index in [0.29, 0.717) is 70.4 Å². The molecule has 0 bridgehead atoms. The summed E-state index contributed by atoms with van der Waals surface area (Å²) in [6.07, 6.45) is 2.10. The molecule has 46 heavy (non-hydrogen) atoms. The SMILES string of the molecule is CC1(C)CC(=O)C2=C(C1)N(Cc1ccccc1)C1=C(C(=O)CC(C)(C)C1)C2c1cc(Cl)ccc1OCC(=O)Nc1ccc(Cl)cc1. The number of carbonyl (C=O) groups is 3. The Morgan fingerprint density at radius 3 is 1.96 bits per heavy atom. The lowest BCUT2D eigenvalue weighted by molar-refractivity contribution is -0.120. The molecule has 6 rings (SSSR count). The van der Waals surface area contributed by atoms with Crippen LogP contribution in [-0.4, -0.2) is 29.0 Å². The lowest BCUT2D eigenvalue weighted by atomic mass is 9.63. The van der Waals surface area contributed by atoms with Crippen LogP contribution < -0.4 is 10.1 Å².